The number of rotatable bonds is 5. The molecule has 0 unspecified atom stereocenters. The van der Waals surface area contributed by atoms with Crippen LogP contribution in [0.2, 0.25) is 0 Å². The number of nitrogens with zero attached hydrogens (tertiary/aromatic N) is 3. The van der Waals surface area contributed by atoms with Crippen LogP contribution in [0.1, 0.15) is 56.6 Å². The summed E-state index contributed by atoms with van der Waals surface area (Å²) in [5.41, 5.74) is 1.68. The summed E-state index contributed by atoms with van der Waals surface area (Å²) in [6, 6.07) is 5.62. The monoisotopic (exact) mass is 527 g/mol. The van der Waals surface area contributed by atoms with Crippen molar-refractivity contribution in [1.82, 2.24) is 14.9 Å². The number of aryl methyl sites for hydroxylation is 1. The molecule has 4 aliphatic rings. The van der Waals surface area contributed by atoms with Gasteiger partial charge in [0.1, 0.15) is 11.4 Å². The first kappa shape index (κ1) is 26.1. The number of piperidine rings is 1. The lowest BCUT2D eigenvalue weighted by molar-refractivity contribution is -0.125. The van der Waals surface area contributed by atoms with Gasteiger partial charge in [-0.25, -0.2) is 8.42 Å². The summed E-state index contributed by atoms with van der Waals surface area (Å²) in [5.74, 6) is 1.80. The standard InChI is InChI=1S/C27H37N5O4S/c1-19-3-5-22(6-4-19)25-29-26(34)27(30-25)10-13-31(14-11-27)37(35,36)16-9-21-7-8-23(17-20(21)2)32-15-12-28-18-24(32)33/h7-9,16-17,19,22,28H,3-6,10-15,18H2,1-2H3,(H,29,30,34)/b16-9+. The van der Waals surface area contributed by atoms with E-state index in [9.17, 15) is 18.0 Å². The summed E-state index contributed by atoms with van der Waals surface area (Å²) >= 11 is 0. The highest BCUT2D eigenvalue weighted by Gasteiger charge is 2.48. The molecule has 1 saturated carbocycles. The predicted molar refractivity (Wildman–Crippen MR) is 145 cm³/mol. The molecule has 10 heteroatoms. The molecule has 1 aromatic carbocycles. The third-order valence-corrected chi connectivity index (χ3v) is 9.95. The van der Waals surface area contributed by atoms with Crippen molar-refractivity contribution >= 4 is 39.4 Å². The second kappa shape index (κ2) is 10.3. The Morgan fingerprint density at radius 3 is 2.49 bits per heavy atom. The molecular weight excluding hydrogens is 490 g/mol. The summed E-state index contributed by atoms with van der Waals surface area (Å²) in [5, 5.41) is 7.35. The summed E-state index contributed by atoms with van der Waals surface area (Å²) < 4.78 is 27.6. The Balaban J connectivity index is 1.23. The van der Waals surface area contributed by atoms with Gasteiger partial charge in [0.15, 0.2) is 0 Å². The molecule has 2 amide bonds. The van der Waals surface area contributed by atoms with Gasteiger partial charge in [-0.1, -0.05) is 25.8 Å². The topological polar surface area (TPSA) is 111 Å². The van der Waals surface area contributed by atoms with Crippen molar-refractivity contribution < 1.29 is 18.0 Å². The average Bonchev–Trinajstić information content (AvgIpc) is 3.19. The molecule has 0 aromatic heterocycles. The highest BCUT2D eigenvalue weighted by Crippen LogP contribution is 2.36. The number of anilines is 1. The average molecular weight is 528 g/mol. The van der Waals surface area contributed by atoms with Crippen LogP contribution in [0.5, 0.6) is 0 Å². The number of benzene rings is 1. The Morgan fingerprint density at radius 2 is 1.81 bits per heavy atom. The molecule has 200 valence electrons. The smallest absolute Gasteiger partial charge is 0.253 e. The molecule has 0 bridgehead atoms. The van der Waals surface area contributed by atoms with Gasteiger partial charge in [-0.05, 0) is 67.9 Å². The van der Waals surface area contributed by atoms with Crippen LogP contribution in [0.4, 0.5) is 5.69 Å². The van der Waals surface area contributed by atoms with E-state index in [1.807, 2.05) is 25.1 Å². The number of nitrogens with one attached hydrogen (secondary N) is 2. The minimum absolute atomic E-state index is 0.0279. The highest BCUT2D eigenvalue weighted by molar-refractivity contribution is 7.92. The third kappa shape index (κ3) is 5.37. The van der Waals surface area contributed by atoms with E-state index < -0.39 is 15.6 Å². The zero-order valence-corrected chi connectivity index (χ0v) is 22.5. The normalized spacial score (nSPS) is 27.1. The van der Waals surface area contributed by atoms with Crippen LogP contribution >= 0.6 is 0 Å². The van der Waals surface area contributed by atoms with Crippen LogP contribution < -0.4 is 15.5 Å². The molecule has 0 radical (unpaired) electrons. The van der Waals surface area contributed by atoms with Gasteiger partial charge in [0.25, 0.3) is 5.91 Å². The lowest BCUT2D eigenvalue weighted by Crippen LogP contribution is -2.50. The number of aliphatic imine (C=N–C) groups is 1. The highest BCUT2D eigenvalue weighted by atomic mass is 32.2. The van der Waals surface area contributed by atoms with E-state index in [-0.39, 0.29) is 24.9 Å². The molecule has 3 fully saturated rings. The summed E-state index contributed by atoms with van der Waals surface area (Å²) in [6.45, 7) is 6.39. The molecule has 1 aromatic rings. The van der Waals surface area contributed by atoms with Crippen molar-refractivity contribution in [2.75, 3.05) is 37.6 Å². The SMILES string of the molecule is Cc1cc(N2CCNCC2=O)ccc1/C=C/S(=O)(=O)N1CCC2(CC1)N=C(C1CCC(C)CC1)NC2=O. The van der Waals surface area contributed by atoms with E-state index in [1.54, 1.807) is 11.0 Å². The van der Waals surface area contributed by atoms with Crippen LogP contribution in [0.3, 0.4) is 0 Å². The minimum Gasteiger partial charge on any atom is -0.312 e. The number of carbonyl (C=O) groups excluding carboxylic acids is 2. The lowest BCUT2D eigenvalue weighted by Gasteiger charge is -2.34. The van der Waals surface area contributed by atoms with Crippen molar-refractivity contribution in [3.05, 3.63) is 34.7 Å². The predicted octanol–water partition coefficient (Wildman–Crippen LogP) is 2.42. The Kier molecular flexibility index (Phi) is 7.26. The van der Waals surface area contributed by atoms with Crippen molar-refractivity contribution in [2.45, 2.75) is 57.9 Å². The van der Waals surface area contributed by atoms with Crippen LogP contribution in [-0.2, 0) is 19.6 Å². The maximum absolute atomic E-state index is 13.1. The van der Waals surface area contributed by atoms with E-state index in [0.29, 0.717) is 31.8 Å². The van der Waals surface area contributed by atoms with E-state index in [0.717, 1.165) is 60.8 Å². The summed E-state index contributed by atoms with van der Waals surface area (Å²) in [7, 11) is -3.64. The second-order valence-corrected chi connectivity index (χ2v) is 12.8. The Hall–Kier alpha value is -2.56. The second-order valence-electron chi connectivity index (χ2n) is 10.9. The number of amides is 2. The van der Waals surface area contributed by atoms with Crippen molar-refractivity contribution in [2.24, 2.45) is 16.8 Å². The molecule has 0 atom stereocenters. The molecule has 5 rings (SSSR count). The van der Waals surface area contributed by atoms with Gasteiger partial charge in [0.05, 0.1) is 6.54 Å². The van der Waals surface area contributed by atoms with Gasteiger partial charge >= 0.3 is 0 Å². The molecule has 3 aliphatic heterocycles. The lowest BCUT2D eigenvalue weighted by atomic mass is 9.82. The zero-order chi connectivity index (χ0) is 26.2. The molecule has 2 N–H and O–H groups in total. The fourth-order valence-corrected chi connectivity index (χ4v) is 7.04. The fourth-order valence-electron chi connectivity index (χ4n) is 5.86. The Bertz CT molecular complexity index is 1230. The van der Waals surface area contributed by atoms with E-state index in [4.69, 9.17) is 4.99 Å². The third-order valence-electron chi connectivity index (χ3n) is 8.38. The molecule has 37 heavy (non-hydrogen) atoms. The van der Waals surface area contributed by atoms with Crippen molar-refractivity contribution in [3.8, 4) is 0 Å². The molecule has 3 heterocycles. The van der Waals surface area contributed by atoms with Gasteiger partial charge in [-0.2, -0.15) is 4.31 Å². The van der Waals surface area contributed by atoms with Crippen LogP contribution in [0, 0.1) is 18.8 Å². The first-order chi connectivity index (χ1) is 17.7. The Labute approximate surface area is 219 Å². The van der Waals surface area contributed by atoms with Crippen LogP contribution in [-0.4, -0.2) is 68.6 Å². The number of hydrogen-bond donors (Lipinski definition) is 2. The molecule has 1 spiro atoms. The maximum atomic E-state index is 13.1. The molecule has 1 aliphatic carbocycles. The van der Waals surface area contributed by atoms with Crippen molar-refractivity contribution in [1.29, 1.82) is 0 Å². The zero-order valence-electron chi connectivity index (χ0n) is 21.7. The van der Waals surface area contributed by atoms with Crippen LogP contribution in [0.15, 0.2) is 28.6 Å². The number of sulfonamides is 1. The van der Waals surface area contributed by atoms with E-state index in [2.05, 4.69) is 17.6 Å². The summed E-state index contributed by atoms with van der Waals surface area (Å²) in [4.78, 5) is 31.7. The maximum Gasteiger partial charge on any atom is 0.253 e. The summed E-state index contributed by atoms with van der Waals surface area (Å²) in [6.07, 6.45) is 6.81. The van der Waals surface area contributed by atoms with Crippen molar-refractivity contribution in [3.63, 3.8) is 0 Å². The number of piperazine rings is 1. The first-order valence-electron chi connectivity index (χ1n) is 13.4. The van der Waals surface area contributed by atoms with E-state index >= 15 is 0 Å². The van der Waals surface area contributed by atoms with Gasteiger partial charge in [0, 0.05) is 43.2 Å². The molecule has 9 nitrogen and oxygen atoms in total. The largest absolute Gasteiger partial charge is 0.312 e. The number of carbonyl (C=O) groups is 2. The van der Waals surface area contributed by atoms with Gasteiger partial charge in [0.2, 0.25) is 15.9 Å². The van der Waals surface area contributed by atoms with Gasteiger partial charge in [-0.15, -0.1) is 0 Å². The number of amidine groups is 1. The Morgan fingerprint density at radius 1 is 1.08 bits per heavy atom. The van der Waals surface area contributed by atoms with Gasteiger partial charge in [-0.3, -0.25) is 14.6 Å². The van der Waals surface area contributed by atoms with Gasteiger partial charge < -0.3 is 15.5 Å². The molecule has 2 saturated heterocycles. The number of hydrogen-bond acceptors (Lipinski definition) is 6. The van der Waals surface area contributed by atoms with E-state index in [1.165, 1.54) is 9.71 Å². The van der Waals surface area contributed by atoms with Crippen LogP contribution in [0.25, 0.3) is 6.08 Å². The fraction of sp³-hybridized carbons (Fsp3) is 0.593. The minimum atomic E-state index is -3.64. The first-order valence-corrected chi connectivity index (χ1v) is 14.9. The molecular formula is C27H37N5O4S. The quantitative estimate of drug-likeness (QED) is 0.611.